The number of nitrogens with zero attached hydrogens (tertiary/aromatic N) is 1. The van der Waals surface area contributed by atoms with E-state index in [1.165, 1.54) is 11.1 Å². The van der Waals surface area contributed by atoms with Crippen LogP contribution in [0, 0.1) is 12.8 Å². The molecule has 1 fully saturated rings. The highest BCUT2D eigenvalue weighted by Gasteiger charge is 2.54. The average Bonchev–Trinajstić information content (AvgIpc) is 3.12. The highest BCUT2D eigenvalue weighted by atomic mass is 16.3. The Morgan fingerprint density at radius 3 is 3.04 bits per heavy atom. The molecule has 24 heavy (non-hydrogen) atoms. The van der Waals surface area contributed by atoms with Crippen molar-refractivity contribution in [1.82, 2.24) is 10.3 Å². The van der Waals surface area contributed by atoms with Gasteiger partial charge >= 0.3 is 0 Å². The Kier molecular flexibility index (Phi) is 2.84. The molecule has 2 aromatic heterocycles. The van der Waals surface area contributed by atoms with Crippen molar-refractivity contribution in [3.63, 3.8) is 0 Å². The summed E-state index contributed by atoms with van der Waals surface area (Å²) in [5.74, 6) is 1.24. The number of hydrogen-bond acceptors (Lipinski definition) is 3. The van der Waals surface area contributed by atoms with E-state index in [2.05, 4.69) is 34.6 Å². The van der Waals surface area contributed by atoms with Crippen molar-refractivity contribution in [3.05, 3.63) is 65.0 Å². The van der Waals surface area contributed by atoms with E-state index < -0.39 is 0 Å². The summed E-state index contributed by atoms with van der Waals surface area (Å²) in [6.45, 7) is 1.93. The maximum atomic E-state index is 12.6. The predicted octanol–water partition coefficient (Wildman–Crippen LogP) is 3.59. The summed E-state index contributed by atoms with van der Waals surface area (Å²) in [6.07, 6.45) is 2.26. The highest BCUT2D eigenvalue weighted by Crippen LogP contribution is 2.54. The fourth-order valence-electron chi connectivity index (χ4n) is 4.12. The van der Waals surface area contributed by atoms with Crippen molar-refractivity contribution in [1.29, 1.82) is 0 Å². The highest BCUT2D eigenvalue weighted by molar-refractivity contribution is 5.95. The fourth-order valence-corrected chi connectivity index (χ4v) is 4.12. The van der Waals surface area contributed by atoms with Gasteiger partial charge in [-0.2, -0.15) is 0 Å². The molecule has 0 spiro atoms. The van der Waals surface area contributed by atoms with Gasteiger partial charge in [0.25, 0.3) is 5.91 Å². The summed E-state index contributed by atoms with van der Waals surface area (Å²) in [5.41, 5.74) is 5.14. The molecular formula is C20H18N2O2. The number of benzene rings is 1. The van der Waals surface area contributed by atoms with Gasteiger partial charge in [-0.3, -0.25) is 4.79 Å². The lowest BCUT2D eigenvalue weighted by molar-refractivity contribution is 0.0923. The number of fused-ring (bicyclic) bond motifs is 4. The SMILES string of the molecule is Cc1ccc2oc(C(=O)N[C@@H]3[C@H]4CCc5ccccc5[C@@H]43)cc2n1. The number of aryl methyl sites for hydroxylation is 2. The van der Waals surface area contributed by atoms with Crippen LogP contribution in [0.3, 0.4) is 0 Å². The third-order valence-corrected chi connectivity index (χ3v) is 5.36. The smallest absolute Gasteiger partial charge is 0.287 e. The lowest BCUT2D eigenvalue weighted by atomic mass is 9.92. The van der Waals surface area contributed by atoms with Gasteiger partial charge in [-0.15, -0.1) is 0 Å². The minimum absolute atomic E-state index is 0.137. The van der Waals surface area contributed by atoms with E-state index in [-0.39, 0.29) is 11.9 Å². The second kappa shape index (κ2) is 4.94. The van der Waals surface area contributed by atoms with Gasteiger partial charge in [-0.1, -0.05) is 24.3 Å². The van der Waals surface area contributed by atoms with Crippen LogP contribution in [0.4, 0.5) is 0 Å². The molecule has 3 aromatic rings. The van der Waals surface area contributed by atoms with Crippen LogP contribution < -0.4 is 5.32 Å². The molecule has 120 valence electrons. The molecule has 2 heterocycles. The monoisotopic (exact) mass is 318 g/mol. The van der Waals surface area contributed by atoms with Crippen molar-refractivity contribution in [2.24, 2.45) is 5.92 Å². The van der Waals surface area contributed by atoms with E-state index in [1.54, 1.807) is 6.07 Å². The van der Waals surface area contributed by atoms with Crippen molar-refractivity contribution < 1.29 is 9.21 Å². The number of carbonyl (C=O) groups excluding carboxylic acids is 1. The van der Waals surface area contributed by atoms with Gasteiger partial charge in [-0.05, 0) is 48.9 Å². The molecule has 2 aliphatic rings. The molecule has 0 saturated heterocycles. The van der Waals surface area contributed by atoms with E-state index in [0.717, 1.165) is 24.1 Å². The molecule has 0 aliphatic heterocycles. The first-order valence-electron chi connectivity index (χ1n) is 8.46. The van der Waals surface area contributed by atoms with E-state index >= 15 is 0 Å². The van der Waals surface area contributed by atoms with Crippen LogP contribution in [0.25, 0.3) is 11.1 Å². The van der Waals surface area contributed by atoms with Gasteiger partial charge in [0.1, 0.15) is 5.52 Å². The fraction of sp³-hybridized carbons (Fsp3) is 0.300. The number of furan rings is 1. The van der Waals surface area contributed by atoms with Crippen LogP contribution in [0.15, 0.2) is 46.9 Å². The van der Waals surface area contributed by atoms with Gasteiger partial charge in [0.05, 0.1) is 0 Å². The Labute approximate surface area is 139 Å². The second-order valence-electron chi connectivity index (χ2n) is 6.87. The standard InChI is InChI=1S/C20H18N2O2/c1-11-6-9-16-15(21-11)10-17(24-16)20(23)22-19-14-8-7-12-4-2-3-5-13(12)18(14)19/h2-6,9-10,14,18-19H,7-8H2,1H3,(H,22,23)/t14-,18-,19+/m0/s1. The van der Waals surface area contributed by atoms with Gasteiger partial charge in [-0.25, -0.2) is 4.98 Å². The number of nitrogens with one attached hydrogen (secondary N) is 1. The van der Waals surface area contributed by atoms with Gasteiger partial charge in [0.2, 0.25) is 0 Å². The predicted molar refractivity (Wildman–Crippen MR) is 91.0 cm³/mol. The molecule has 0 bridgehead atoms. The van der Waals surface area contributed by atoms with Crippen LogP contribution in [0.1, 0.15) is 39.7 Å². The molecule has 4 nitrogen and oxygen atoms in total. The summed E-state index contributed by atoms with van der Waals surface area (Å²) >= 11 is 0. The lowest BCUT2D eigenvalue weighted by Gasteiger charge is -2.13. The molecule has 5 rings (SSSR count). The first-order valence-corrected chi connectivity index (χ1v) is 8.46. The molecule has 0 unspecified atom stereocenters. The quantitative estimate of drug-likeness (QED) is 0.785. The zero-order valence-electron chi connectivity index (χ0n) is 13.5. The van der Waals surface area contributed by atoms with E-state index in [1.807, 2.05) is 19.1 Å². The third kappa shape index (κ3) is 2.06. The molecule has 4 heteroatoms. The number of hydrogen-bond donors (Lipinski definition) is 1. The maximum Gasteiger partial charge on any atom is 0.287 e. The zero-order valence-corrected chi connectivity index (χ0v) is 13.5. The van der Waals surface area contributed by atoms with E-state index in [4.69, 9.17) is 4.42 Å². The van der Waals surface area contributed by atoms with Crippen molar-refractivity contribution in [2.45, 2.75) is 31.7 Å². The molecule has 1 N–H and O–H groups in total. The number of pyridine rings is 1. The van der Waals surface area contributed by atoms with Crippen LogP contribution in [0.2, 0.25) is 0 Å². The van der Waals surface area contributed by atoms with Crippen molar-refractivity contribution in [3.8, 4) is 0 Å². The minimum Gasteiger partial charge on any atom is -0.449 e. The average molecular weight is 318 g/mol. The summed E-state index contributed by atoms with van der Waals surface area (Å²) in [6, 6.07) is 14.3. The number of rotatable bonds is 2. The summed E-state index contributed by atoms with van der Waals surface area (Å²) in [7, 11) is 0. The molecule has 2 aliphatic carbocycles. The molecule has 0 radical (unpaired) electrons. The summed E-state index contributed by atoms with van der Waals surface area (Å²) in [4.78, 5) is 17.0. The van der Waals surface area contributed by atoms with E-state index in [9.17, 15) is 4.79 Å². The summed E-state index contributed by atoms with van der Waals surface area (Å²) in [5, 5.41) is 3.17. The van der Waals surface area contributed by atoms with Crippen LogP contribution in [-0.4, -0.2) is 16.9 Å². The Hall–Kier alpha value is -2.62. The van der Waals surface area contributed by atoms with Crippen molar-refractivity contribution >= 4 is 17.0 Å². The van der Waals surface area contributed by atoms with E-state index in [0.29, 0.717) is 23.2 Å². The van der Waals surface area contributed by atoms with Crippen LogP contribution in [0.5, 0.6) is 0 Å². The second-order valence-corrected chi connectivity index (χ2v) is 6.87. The van der Waals surface area contributed by atoms with Gasteiger partial charge < -0.3 is 9.73 Å². The maximum absolute atomic E-state index is 12.6. The molecular weight excluding hydrogens is 300 g/mol. The molecule has 3 atom stereocenters. The lowest BCUT2D eigenvalue weighted by Crippen LogP contribution is -2.27. The Morgan fingerprint density at radius 1 is 1.25 bits per heavy atom. The zero-order chi connectivity index (χ0) is 16.3. The third-order valence-electron chi connectivity index (χ3n) is 5.36. The topological polar surface area (TPSA) is 55.1 Å². The minimum atomic E-state index is -0.137. The Balaban J connectivity index is 1.38. The molecule has 1 saturated carbocycles. The largest absolute Gasteiger partial charge is 0.449 e. The molecule has 1 amide bonds. The number of carbonyl (C=O) groups is 1. The Morgan fingerprint density at radius 2 is 2.12 bits per heavy atom. The van der Waals surface area contributed by atoms with Crippen molar-refractivity contribution in [2.75, 3.05) is 0 Å². The summed E-state index contributed by atoms with van der Waals surface area (Å²) < 4.78 is 5.66. The number of aromatic nitrogens is 1. The first kappa shape index (κ1) is 13.8. The van der Waals surface area contributed by atoms with Crippen LogP contribution >= 0.6 is 0 Å². The van der Waals surface area contributed by atoms with Gasteiger partial charge in [0, 0.05) is 23.7 Å². The van der Waals surface area contributed by atoms with Crippen LogP contribution in [-0.2, 0) is 6.42 Å². The first-order chi connectivity index (χ1) is 11.7. The van der Waals surface area contributed by atoms with Gasteiger partial charge in [0.15, 0.2) is 11.3 Å². The Bertz CT molecular complexity index is 959. The number of amides is 1. The normalized spacial score (nSPS) is 24.3. The molecule has 1 aromatic carbocycles.